The van der Waals surface area contributed by atoms with Gasteiger partial charge < -0.3 is 9.54 Å². The van der Waals surface area contributed by atoms with E-state index in [0.717, 1.165) is 21.6 Å². The van der Waals surface area contributed by atoms with E-state index in [4.69, 9.17) is 0 Å². The first-order chi connectivity index (χ1) is 8.33. The van der Waals surface area contributed by atoms with Crippen molar-refractivity contribution in [2.45, 2.75) is 10.8 Å². The second kappa shape index (κ2) is 4.52. The summed E-state index contributed by atoms with van der Waals surface area (Å²) >= 11 is 0.583. The van der Waals surface area contributed by atoms with Gasteiger partial charge in [0.25, 0.3) is 0 Å². The molecule has 3 aromatic heterocycles. The summed E-state index contributed by atoms with van der Waals surface area (Å²) in [5, 5.41) is 5.97. The third-order valence-electron chi connectivity index (χ3n) is 2.49. The number of thiophene rings is 1. The molecule has 0 aliphatic carbocycles. The molecule has 0 fully saturated rings. The van der Waals surface area contributed by atoms with Crippen molar-refractivity contribution in [2.24, 2.45) is 0 Å². The zero-order valence-corrected chi connectivity index (χ0v) is 10.6. The molecule has 0 aromatic carbocycles. The van der Waals surface area contributed by atoms with Gasteiger partial charge in [0.1, 0.15) is 0 Å². The molecule has 1 N–H and O–H groups in total. The minimum absolute atomic E-state index is 0.452. The van der Waals surface area contributed by atoms with Crippen LogP contribution in [-0.2, 0) is 16.9 Å². The molecule has 0 bridgehead atoms. The molecule has 3 nitrogen and oxygen atoms in total. The number of hydrogen-bond donors (Lipinski definition) is 1. The number of fused-ring (bicyclic) bond motifs is 1. The van der Waals surface area contributed by atoms with Crippen LogP contribution < -0.4 is 0 Å². The maximum atomic E-state index is 12.1. The van der Waals surface area contributed by atoms with E-state index in [1.165, 1.54) is 0 Å². The summed E-state index contributed by atoms with van der Waals surface area (Å²) in [5.74, 6) is 0.452. The van der Waals surface area contributed by atoms with Gasteiger partial charge in [-0.2, -0.15) is 0 Å². The highest BCUT2D eigenvalue weighted by molar-refractivity contribution is 7.90. The zero-order chi connectivity index (χ0) is 11.7. The van der Waals surface area contributed by atoms with E-state index in [1.54, 1.807) is 17.5 Å². The van der Waals surface area contributed by atoms with Crippen LogP contribution in [0.2, 0.25) is 0 Å². The zero-order valence-electron chi connectivity index (χ0n) is 8.92. The van der Waals surface area contributed by atoms with E-state index in [1.807, 2.05) is 35.0 Å². The maximum Gasteiger partial charge on any atom is 0.224 e. The van der Waals surface area contributed by atoms with Crippen molar-refractivity contribution < 1.29 is 4.55 Å². The van der Waals surface area contributed by atoms with Crippen LogP contribution in [0, 0.1) is 0 Å². The Hall–Kier alpha value is -1.30. The first-order valence-electron chi connectivity index (χ1n) is 5.16. The molecular weight excluding hydrogens is 252 g/mol. The Morgan fingerprint density at radius 2 is 2.29 bits per heavy atom. The highest BCUT2D eigenvalue weighted by Crippen LogP contribution is 2.23. The van der Waals surface area contributed by atoms with Crippen LogP contribution in [0.5, 0.6) is 0 Å². The highest BCUT2D eigenvalue weighted by Gasteiger charge is 2.15. The number of aromatic nitrogens is 2. The Kier molecular flexibility index (Phi) is 2.88. The molecule has 0 saturated heterocycles. The first-order valence-corrected chi connectivity index (χ1v) is 7.42. The minimum atomic E-state index is -1.06. The molecule has 1 unspecified atom stereocenters. The Bertz CT molecular complexity index is 589. The Morgan fingerprint density at radius 3 is 3.06 bits per heavy atom. The van der Waals surface area contributed by atoms with Crippen LogP contribution >= 0.6 is 11.3 Å². The SMILES string of the molecule is [O-][S+](Cc1ccccn1)c1cc2cscc2[nH]1. The van der Waals surface area contributed by atoms with Crippen LogP contribution in [0.15, 0.2) is 46.2 Å². The van der Waals surface area contributed by atoms with Gasteiger partial charge in [-0.15, -0.1) is 11.3 Å². The molecular formula is C12H10N2OS2. The normalized spacial score (nSPS) is 13.0. The number of H-pyrrole nitrogens is 1. The minimum Gasteiger partial charge on any atom is -0.610 e. The number of hydrogen-bond acceptors (Lipinski definition) is 3. The molecule has 0 aliphatic rings. The van der Waals surface area contributed by atoms with Crippen LogP contribution in [0.4, 0.5) is 0 Å². The van der Waals surface area contributed by atoms with Crippen LogP contribution in [0.3, 0.4) is 0 Å². The van der Waals surface area contributed by atoms with Crippen molar-refractivity contribution >= 4 is 33.4 Å². The van der Waals surface area contributed by atoms with Gasteiger partial charge in [0.2, 0.25) is 5.03 Å². The average molecular weight is 262 g/mol. The molecule has 86 valence electrons. The van der Waals surface area contributed by atoms with Gasteiger partial charge in [-0.25, -0.2) is 0 Å². The second-order valence-electron chi connectivity index (χ2n) is 3.69. The van der Waals surface area contributed by atoms with Crippen molar-refractivity contribution in [2.75, 3.05) is 0 Å². The predicted molar refractivity (Wildman–Crippen MR) is 70.5 cm³/mol. The molecule has 5 heteroatoms. The molecule has 17 heavy (non-hydrogen) atoms. The Morgan fingerprint density at radius 1 is 1.35 bits per heavy atom. The maximum absolute atomic E-state index is 12.1. The third-order valence-corrected chi connectivity index (χ3v) is 4.52. The third kappa shape index (κ3) is 2.22. The quantitative estimate of drug-likeness (QED) is 0.738. The molecule has 1 atom stereocenters. The smallest absolute Gasteiger partial charge is 0.224 e. The molecule has 0 spiro atoms. The topological polar surface area (TPSA) is 51.7 Å². The number of aromatic amines is 1. The summed E-state index contributed by atoms with van der Waals surface area (Å²) in [6, 6.07) is 7.61. The molecule has 3 aromatic rings. The number of nitrogens with zero attached hydrogens (tertiary/aromatic N) is 1. The molecule has 0 aliphatic heterocycles. The Labute approximate surface area is 106 Å². The monoisotopic (exact) mass is 262 g/mol. The number of pyridine rings is 1. The van der Waals surface area contributed by atoms with Gasteiger partial charge in [-0.05, 0) is 12.1 Å². The van der Waals surface area contributed by atoms with E-state index in [-0.39, 0.29) is 0 Å². The molecule has 3 rings (SSSR count). The van der Waals surface area contributed by atoms with Gasteiger partial charge in [-0.1, -0.05) is 6.07 Å². The summed E-state index contributed by atoms with van der Waals surface area (Å²) < 4.78 is 12.1. The second-order valence-corrected chi connectivity index (χ2v) is 5.85. The summed E-state index contributed by atoms with van der Waals surface area (Å²) in [6.07, 6.45) is 1.72. The van der Waals surface area contributed by atoms with Crippen LogP contribution in [0.1, 0.15) is 5.69 Å². The van der Waals surface area contributed by atoms with E-state index in [2.05, 4.69) is 9.97 Å². The van der Waals surface area contributed by atoms with Gasteiger partial charge >= 0.3 is 0 Å². The lowest BCUT2D eigenvalue weighted by molar-refractivity contribution is 0.591. The first kappa shape index (κ1) is 10.8. The summed E-state index contributed by atoms with van der Waals surface area (Å²) in [7, 11) is 0. The number of rotatable bonds is 3. The lowest BCUT2D eigenvalue weighted by atomic mass is 10.4. The fourth-order valence-corrected chi connectivity index (χ4v) is 3.47. The lowest BCUT2D eigenvalue weighted by Gasteiger charge is -2.07. The van der Waals surface area contributed by atoms with Gasteiger partial charge in [0, 0.05) is 39.6 Å². The fourth-order valence-electron chi connectivity index (χ4n) is 1.65. The highest BCUT2D eigenvalue weighted by atomic mass is 32.2. The van der Waals surface area contributed by atoms with E-state index in [0.29, 0.717) is 5.75 Å². The van der Waals surface area contributed by atoms with Crippen molar-refractivity contribution in [1.29, 1.82) is 0 Å². The summed E-state index contributed by atoms with van der Waals surface area (Å²) in [5.41, 5.74) is 1.90. The van der Waals surface area contributed by atoms with E-state index >= 15 is 0 Å². The molecule has 0 radical (unpaired) electrons. The fraction of sp³-hybridized carbons (Fsp3) is 0.0833. The van der Waals surface area contributed by atoms with Crippen molar-refractivity contribution in [1.82, 2.24) is 9.97 Å². The number of nitrogens with one attached hydrogen (secondary N) is 1. The lowest BCUT2D eigenvalue weighted by Crippen LogP contribution is -2.06. The van der Waals surface area contributed by atoms with Crippen molar-refractivity contribution in [3.8, 4) is 0 Å². The molecule has 0 saturated carbocycles. The van der Waals surface area contributed by atoms with Gasteiger partial charge in [0.15, 0.2) is 5.75 Å². The Balaban J connectivity index is 1.82. The van der Waals surface area contributed by atoms with Crippen molar-refractivity contribution in [3.63, 3.8) is 0 Å². The summed E-state index contributed by atoms with van der Waals surface area (Å²) in [6.45, 7) is 0. The average Bonchev–Trinajstić information content (AvgIpc) is 2.90. The predicted octanol–water partition coefficient (Wildman–Crippen LogP) is 2.93. The van der Waals surface area contributed by atoms with Crippen molar-refractivity contribution in [3.05, 3.63) is 46.9 Å². The largest absolute Gasteiger partial charge is 0.610 e. The molecule has 3 heterocycles. The van der Waals surface area contributed by atoms with E-state index < -0.39 is 11.2 Å². The van der Waals surface area contributed by atoms with E-state index in [9.17, 15) is 4.55 Å². The van der Waals surface area contributed by atoms with Gasteiger partial charge in [0.05, 0.1) is 11.2 Å². The van der Waals surface area contributed by atoms with Gasteiger partial charge in [-0.3, -0.25) is 4.98 Å². The summed E-state index contributed by atoms with van der Waals surface area (Å²) in [4.78, 5) is 7.36. The van der Waals surface area contributed by atoms with Crippen LogP contribution in [-0.4, -0.2) is 14.5 Å². The standard InChI is InChI=1S/C12H10N2OS2/c15-17(8-10-3-1-2-4-13-10)12-5-9-6-16-7-11(9)14-12/h1-7,14H,8H2. The molecule has 0 amide bonds. The van der Waals surface area contributed by atoms with Crippen LogP contribution in [0.25, 0.3) is 10.9 Å².